The number of hydrogen-bond donors (Lipinski definition) is 1. The fraction of sp³-hybridized carbons (Fsp3) is 0.391. The van der Waals surface area contributed by atoms with E-state index in [4.69, 9.17) is 0 Å². The second-order valence-electron chi connectivity index (χ2n) is 8.87. The van der Waals surface area contributed by atoms with Gasteiger partial charge < -0.3 is 0 Å². The summed E-state index contributed by atoms with van der Waals surface area (Å²) in [6.45, 7) is 12.5. The van der Waals surface area contributed by atoms with Crippen molar-refractivity contribution in [2.24, 2.45) is 5.41 Å². The van der Waals surface area contributed by atoms with Crippen LogP contribution in [0.2, 0.25) is 0 Å². The Morgan fingerprint density at radius 1 is 0.880 bits per heavy atom. The summed E-state index contributed by atoms with van der Waals surface area (Å²) in [4.78, 5) is 0. The summed E-state index contributed by atoms with van der Waals surface area (Å²) in [5.74, 6) is 0. The standard InChI is InChI=1S/C23H30N2/c1-22(2,3)17-23(4,5)19-11-13-20(14-12-19)25-16-15-21(24-25)18-9-7-6-8-10-18/h6-15,24H,16-17H2,1-5H3. The first-order chi connectivity index (χ1) is 11.7. The first-order valence-corrected chi connectivity index (χ1v) is 9.15. The van der Waals surface area contributed by atoms with E-state index in [1.807, 2.05) is 0 Å². The third kappa shape index (κ3) is 4.25. The molecular weight excluding hydrogens is 304 g/mol. The summed E-state index contributed by atoms with van der Waals surface area (Å²) >= 11 is 0. The maximum absolute atomic E-state index is 3.51. The molecule has 0 saturated heterocycles. The van der Waals surface area contributed by atoms with Crippen LogP contribution in [-0.4, -0.2) is 6.54 Å². The van der Waals surface area contributed by atoms with Crippen LogP contribution in [0.5, 0.6) is 0 Å². The summed E-state index contributed by atoms with van der Waals surface area (Å²) in [6.07, 6.45) is 3.41. The molecule has 1 heterocycles. The Morgan fingerprint density at radius 3 is 2.12 bits per heavy atom. The van der Waals surface area contributed by atoms with Crippen LogP contribution < -0.4 is 10.4 Å². The predicted octanol–water partition coefficient (Wildman–Crippen LogP) is 5.77. The normalized spacial score (nSPS) is 15.1. The Balaban J connectivity index is 1.70. The molecule has 2 heteroatoms. The van der Waals surface area contributed by atoms with E-state index in [0.29, 0.717) is 5.41 Å². The maximum Gasteiger partial charge on any atom is 0.0598 e. The van der Waals surface area contributed by atoms with Crippen LogP contribution in [0, 0.1) is 5.41 Å². The van der Waals surface area contributed by atoms with Gasteiger partial charge in [-0.1, -0.05) is 77.1 Å². The van der Waals surface area contributed by atoms with Crippen molar-refractivity contribution >= 4 is 11.4 Å². The van der Waals surface area contributed by atoms with E-state index in [-0.39, 0.29) is 5.41 Å². The van der Waals surface area contributed by atoms with Crippen molar-refractivity contribution in [2.75, 3.05) is 11.6 Å². The molecule has 0 atom stereocenters. The number of hydrogen-bond acceptors (Lipinski definition) is 2. The lowest BCUT2D eigenvalue weighted by atomic mass is 9.72. The molecule has 2 nitrogen and oxygen atoms in total. The zero-order valence-corrected chi connectivity index (χ0v) is 16.1. The SMILES string of the molecule is CC(C)(C)CC(C)(C)c1ccc(N2CC=C(c3ccccc3)N2)cc1. The molecule has 0 radical (unpaired) electrons. The first-order valence-electron chi connectivity index (χ1n) is 9.15. The van der Waals surface area contributed by atoms with Crippen LogP contribution >= 0.6 is 0 Å². The first kappa shape index (κ1) is 17.6. The van der Waals surface area contributed by atoms with E-state index >= 15 is 0 Å². The average Bonchev–Trinajstić information content (AvgIpc) is 3.04. The van der Waals surface area contributed by atoms with Crippen LogP contribution in [0.25, 0.3) is 5.70 Å². The van der Waals surface area contributed by atoms with Gasteiger partial charge in [0.05, 0.1) is 17.9 Å². The minimum Gasteiger partial charge on any atom is -0.298 e. The van der Waals surface area contributed by atoms with Crippen LogP contribution in [0.15, 0.2) is 60.7 Å². The fourth-order valence-electron chi connectivity index (χ4n) is 3.91. The molecule has 1 N–H and O–H groups in total. The van der Waals surface area contributed by atoms with E-state index in [1.54, 1.807) is 0 Å². The highest BCUT2D eigenvalue weighted by Gasteiger charge is 2.27. The highest BCUT2D eigenvalue weighted by molar-refractivity contribution is 5.70. The van der Waals surface area contributed by atoms with Crippen LogP contribution in [-0.2, 0) is 5.41 Å². The van der Waals surface area contributed by atoms with E-state index in [1.165, 1.54) is 28.9 Å². The number of benzene rings is 2. The molecule has 0 bridgehead atoms. The third-order valence-corrected chi connectivity index (χ3v) is 4.75. The van der Waals surface area contributed by atoms with Gasteiger partial charge in [0.1, 0.15) is 0 Å². The van der Waals surface area contributed by atoms with Crippen molar-refractivity contribution in [3.63, 3.8) is 0 Å². The average molecular weight is 335 g/mol. The monoisotopic (exact) mass is 334 g/mol. The van der Waals surface area contributed by atoms with Crippen LogP contribution in [0.3, 0.4) is 0 Å². The molecule has 0 fully saturated rings. The molecule has 0 aromatic heterocycles. The minimum absolute atomic E-state index is 0.183. The van der Waals surface area contributed by atoms with Crippen molar-refractivity contribution in [2.45, 2.75) is 46.5 Å². The fourth-order valence-corrected chi connectivity index (χ4v) is 3.91. The van der Waals surface area contributed by atoms with Gasteiger partial charge in [0.15, 0.2) is 0 Å². The molecule has 0 unspecified atom stereocenters. The quantitative estimate of drug-likeness (QED) is 0.764. The van der Waals surface area contributed by atoms with Gasteiger partial charge in [-0.05, 0) is 46.6 Å². The molecule has 2 aromatic rings. The van der Waals surface area contributed by atoms with Crippen molar-refractivity contribution in [3.8, 4) is 0 Å². The zero-order chi connectivity index (χ0) is 18.1. The number of nitrogens with zero attached hydrogens (tertiary/aromatic N) is 1. The molecule has 1 aliphatic rings. The van der Waals surface area contributed by atoms with Crippen molar-refractivity contribution in [3.05, 3.63) is 71.8 Å². The Kier molecular flexibility index (Phi) is 4.64. The number of nitrogens with one attached hydrogen (secondary N) is 1. The van der Waals surface area contributed by atoms with Gasteiger partial charge in [-0.25, -0.2) is 0 Å². The van der Waals surface area contributed by atoms with E-state index in [0.717, 1.165) is 6.54 Å². The number of hydrazine groups is 1. The van der Waals surface area contributed by atoms with Gasteiger partial charge in [0.2, 0.25) is 0 Å². The largest absolute Gasteiger partial charge is 0.298 e. The van der Waals surface area contributed by atoms with Gasteiger partial charge in [0.25, 0.3) is 0 Å². The summed E-state index contributed by atoms with van der Waals surface area (Å²) < 4.78 is 0. The Bertz CT molecular complexity index is 734. The van der Waals surface area contributed by atoms with Crippen molar-refractivity contribution < 1.29 is 0 Å². The van der Waals surface area contributed by atoms with Gasteiger partial charge >= 0.3 is 0 Å². The van der Waals surface area contributed by atoms with Gasteiger partial charge in [-0.15, -0.1) is 0 Å². The highest BCUT2D eigenvalue weighted by atomic mass is 15.5. The molecule has 0 spiro atoms. The van der Waals surface area contributed by atoms with Crippen molar-refractivity contribution in [1.29, 1.82) is 0 Å². The lowest BCUT2D eigenvalue weighted by Gasteiger charge is -2.33. The predicted molar refractivity (Wildman–Crippen MR) is 108 cm³/mol. The van der Waals surface area contributed by atoms with Crippen molar-refractivity contribution in [1.82, 2.24) is 5.43 Å². The molecule has 132 valence electrons. The molecule has 3 rings (SSSR count). The minimum atomic E-state index is 0.183. The molecular formula is C23H30N2. The third-order valence-electron chi connectivity index (χ3n) is 4.75. The molecule has 25 heavy (non-hydrogen) atoms. The van der Waals surface area contributed by atoms with Gasteiger partial charge in [-0.2, -0.15) is 0 Å². The van der Waals surface area contributed by atoms with Gasteiger partial charge in [-0.3, -0.25) is 10.4 Å². The van der Waals surface area contributed by atoms with E-state index < -0.39 is 0 Å². The Morgan fingerprint density at radius 2 is 1.52 bits per heavy atom. The zero-order valence-electron chi connectivity index (χ0n) is 16.1. The van der Waals surface area contributed by atoms with Crippen LogP contribution in [0.1, 0.15) is 52.2 Å². The molecule has 0 saturated carbocycles. The van der Waals surface area contributed by atoms with E-state index in [2.05, 4.69) is 106 Å². The summed E-state index contributed by atoms with van der Waals surface area (Å²) in [5, 5.41) is 2.20. The molecule has 1 aliphatic heterocycles. The second kappa shape index (κ2) is 6.59. The Hall–Kier alpha value is -2.22. The number of anilines is 1. The molecule has 0 aliphatic carbocycles. The lowest BCUT2D eigenvalue weighted by molar-refractivity contribution is 0.284. The Labute approximate surface area is 152 Å². The number of rotatable bonds is 4. The van der Waals surface area contributed by atoms with E-state index in [9.17, 15) is 0 Å². The smallest absolute Gasteiger partial charge is 0.0598 e. The summed E-state index contributed by atoms with van der Waals surface area (Å²) in [6, 6.07) is 19.5. The van der Waals surface area contributed by atoms with Crippen LogP contribution in [0.4, 0.5) is 5.69 Å². The summed E-state index contributed by atoms with van der Waals surface area (Å²) in [7, 11) is 0. The highest BCUT2D eigenvalue weighted by Crippen LogP contribution is 2.36. The topological polar surface area (TPSA) is 15.3 Å². The lowest BCUT2D eigenvalue weighted by Crippen LogP contribution is -2.31. The van der Waals surface area contributed by atoms with Gasteiger partial charge in [0, 0.05) is 0 Å². The second-order valence-corrected chi connectivity index (χ2v) is 8.87. The maximum atomic E-state index is 3.51. The summed E-state index contributed by atoms with van der Waals surface area (Å²) in [5.41, 5.74) is 9.04. The molecule has 2 aromatic carbocycles. The molecule has 0 amide bonds.